The van der Waals surface area contributed by atoms with Gasteiger partial charge in [0.25, 0.3) is 11.8 Å². The number of nitrogens with zero attached hydrogens (tertiary/aromatic N) is 1. The first-order valence-electron chi connectivity index (χ1n) is 8.60. The SMILES string of the molecule is O=C(CN1C(=O)c2ccccc2C1=O)Nc1sc2c(c1C(=O)O)CCCC2. The fraction of sp³-hybridized carbons (Fsp3) is 0.263. The van der Waals surface area contributed by atoms with Gasteiger partial charge in [-0.15, -0.1) is 11.3 Å². The molecule has 2 aromatic rings. The molecule has 1 aromatic carbocycles. The molecule has 1 aromatic heterocycles. The number of rotatable bonds is 4. The van der Waals surface area contributed by atoms with Crippen molar-refractivity contribution in [2.24, 2.45) is 0 Å². The minimum absolute atomic E-state index is 0.130. The van der Waals surface area contributed by atoms with E-state index in [1.165, 1.54) is 11.3 Å². The van der Waals surface area contributed by atoms with Crippen LogP contribution in [0.15, 0.2) is 24.3 Å². The molecule has 0 bridgehead atoms. The zero-order valence-corrected chi connectivity index (χ0v) is 15.1. The summed E-state index contributed by atoms with van der Waals surface area (Å²) in [6, 6.07) is 6.40. The molecule has 4 rings (SSSR count). The van der Waals surface area contributed by atoms with Gasteiger partial charge in [0, 0.05) is 4.88 Å². The van der Waals surface area contributed by atoms with E-state index in [2.05, 4.69) is 5.32 Å². The molecule has 0 unspecified atom stereocenters. The van der Waals surface area contributed by atoms with Crippen LogP contribution in [0.25, 0.3) is 0 Å². The lowest BCUT2D eigenvalue weighted by atomic mass is 9.95. The average Bonchev–Trinajstić information content (AvgIpc) is 3.12. The number of thiophene rings is 1. The van der Waals surface area contributed by atoms with Gasteiger partial charge in [0.2, 0.25) is 5.91 Å². The number of carboxylic acid groups (broad SMARTS) is 1. The number of aryl methyl sites for hydroxylation is 1. The van der Waals surface area contributed by atoms with Gasteiger partial charge in [-0.3, -0.25) is 19.3 Å². The molecule has 0 radical (unpaired) electrons. The van der Waals surface area contributed by atoms with E-state index in [1.807, 2.05) is 0 Å². The van der Waals surface area contributed by atoms with Crippen LogP contribution in [0, 0.1) is 0 Å². The number of benzene rings is 1. The molecule has 1 aliphatic heterocycles. The molecule has 0 saturated carbocycles. The van der Waals surface area contributed by atoms with Crippen molar-refractivity contribution >= 4 is 40.0 Å². The molecule has 0 atom stereocenters. The monoisotopic (exact) mass is 384 g/mol. The summed E-state index contributed by atoms with van der Waals surface area (Å²) in [4.78, 5) is 50.7. The quantitative estimate of drug-likeness (QED) is 0.789. The molecule has 0 spiro atoms. The summed E-state index contributed by atoms with van der Waals surface area (Å²) in [6.07, 6.45) is 3.40. The number of anilines is 1. The summed E-state index contributed by atoms with van der Waals surface area (Å²) in [5, 5.41) is 12.4. The number of amides is 3. The fourth-order valence-electron chi connectivity index (χ4n) is 3.57. The molecule has 8 heteroatoms. The molecular formula is C19H16N2O5S. The van der Waals surface area contributed by atoms with Crippen molar-refractivity contribution in [1.29, 1.82) is 0 Å². The number of carboxylic acids is 1. The van der Waals surface area contributed by atoms with Crippen molar-refractivity contribution in [2.45, 2.75) is 25.7 Å². The largest absolute Gasteiger partial charge is 0.478 e. The number of hydrogen-bond acceptors (Lipinski definition) is 5. The lowest BCUT2D eigenvalue weighted by Gasteiger charge is -2.13. The molecule has 1 aliphatic carbocycles. The van der Waals surface area contributed by atoms with Gasteiger partial charge < -0.3 is 10.4 Å². The first-order valence-corrected chi connectivity index (χ1v) is 9.42. The van der Waals surface area contributed by atoms with E-state index >= 15 is 0 Å². The predicted molar refractivity (Wildman–Crippen MR) is 98.4 cm³/mol. The summed E-state index contributed by atoms with van der Waals surface area (Å²) in [5.74, 6) is -2.71. The van der Waals surface area contributed by atoms with E-state index in [0.29, 0.717) is 6.42 Å². The van der Waals surface area contributed by atoms with Crippen LogP contribution in [0.3, 0.4) is 0 Å². The molecule has 2 aliphatic rings. The minimum atomic E-state index is -1.08. The van der Waals surface area contributed by atoms with Gasteiger partial charge in [-0.1, -0.05) is 12.1 Å². The molecule has 0 fully saturated rings. The van der Waals surface area contributed by atoms with E-state index in [0.717, 1.165) is 34.6 Å². The topological polar surface area (TPSA) is 104 Å². The first kappa shape index (κ1) is 17.4. The number of carbonyl (C=O) groups is 4. The van der Waals surface area contributed by atoms with Crippen LogP contribution in [-0.2, 0) is 17.6 Å². The maximum atomic E-state index is 12.5. The van der Waals surface area contributed by atoms with Crippen LogP contribution in [0.5, 0.6) is 0 Å². The first-order chi connectivity index (χ1) is 13.0. The summed E-state index contributed by atoms with van der Waals surface area (Å²) in [7, 11) is 0. The maximum Gasteiger partial charge on any atom is 0.339 e. The van der Waals surface area contributed by atoms with Crippen molar-refractivity contribution in [1.82, 2.24) is 4.90 Å². The number of hydrogen-bond donors (Lipinski definition) is 2. The Morgan fingerprint density at radius 3 is 2.33 bits per heavy atom. The Labute approximate surface area is 158 Å². The zero-order chi connectivity index (χ0) is 19.1. The van der Waals surface area contributed by atoms with Crippen molar-refractivity contribution < 1.29 is 24.3 Å². The van der Waals surface area contributed by atoms with Crippen LogP contribution >= 0.6 is 11.3 Å². The van der Waals surface area contributed by atoms with Crippen LogP contribution < -0.4 is 5.32 Å². The smallest absolute Gasteiger partial charge is 0.339 e. The van der Waals surface area contributed by atoms with Gasteiger partial charge in [-0.25, -0.2) is 4.79 Å². The second-order valence-electron chi connectivity index (χ2n) is 6.51. The molecule has 0 saturated heterocycles. The van der Waals surface area contributed by atoms with Crippen molar-refractivity contribution in [3.05, 3.63) is 51.4 Å². The van der Waals surface area contributed by atoms with Gasteiger partial charge >= 0.3 is 5.97 Å². The van der Waals surface area contributed by atoms with Crippen LogP contribution in [-0.4, -0.2) is 40.2 Å². The van der Waals surface area contributed by atoms with Crippen molar-refractivity contribution in [3.63, 3.8) is 0 Å². The van der Waals surface area contributed by atoms with E-state index in [1.54, 1.807) is 24.3 Å². The Hall–Kier alpha value is -3.00. The average molecular weight is 384 g/mol. The zero-order valence-electron chi connectivity index (χ0n) is 14.3. The highest BCUT2D eigenvalue weighted by Gasteiger charge is 2.36. The normalized spacial score (nSPS) is 15.5. The van der Waals surface area contributed by atoms with Gasteiger partial charge in [0.15, 0.2) is 0 Å². The van der Waals surface area contributed by atoms with Crippen LogP contribution in [0.1, 0.15) is 54.4 Å². The molecule has 7 nitrogen and oxygen atoms in total. The Bertz CT molecular complexity index is 959. The lowest BCUT2D eigenvalue weighted by molar-refractivity contribution is -0.116. The van der Waals surface area contributed by atoms with Crippen LogP contribution in [0.2, 0.25) is 0 Å². The lowest BCUT2D eigenvalue weighted by Crippen LogP contribution is -2.37. The van der Waals surface area contributed by atoms with Crippen LogP contribution in [0.4, 0.5) is 5.00 Å². The highest BCUT2D eigenvalue weighted by Crippen LogP contribution is 2.38. The number of carbonyl (C=O) groups excluding carboxylic acids is 3. The Kier molecular flexibility index (Phi) is 4.27. The maximum absolute atomic E-state index is 12.5. The fourth-order valence-corrected chi connectivity index (χ4v) is 4.87. The molecule has 3 amide bonds. The summed E-state index contributed by atoms with van der Waals surface area (Å²) in [6.45, 7) is -0.450. The van der Waals surface area contributed by atoms with Crippen molar-refractivity contribution in [3.8, 4) is 0 Å². The summed E-state index contributed by atoms with van der Waals surface area (Å²) < 4.78 is 0. The van der Waals surface area contributed by atoms with Gasteiger partial charge in [-0.05, 0) is 43.4 Å². The van der Waals surface area contributed by atoms with E-state index < -0.39 is 30.2 Å². The van der Waals surface area contributed by atoms with Gasteiger partial charge in [0.1, 0.15) is 11.5 Å². The minimum Gasteiger partial charge on any atom is -0.478 e. The molecule has 2 heterocycles. The number of fused-ring (bicyclic) bond motifs is 2. The third-order valence-corrected chi connectivity index (χ3v) is 6.03. The predicted octanol–water partition coefficient (Wildman–Crippen LogP) is 2.56. The number of nitrogens with one attached hydrogen (secondary N) is 1. The Morgan fingerprint density at radius 1 is 1.07 bits per heavy atom. The third kappa shape index (κ3) is 2.91. The van der Waals surface area contributed by atoms with Gasteiger partial charge in [-0.2, -0.15) is 0 Å². The highest BCUT2D eigenvalue weighted by molar-refractivity contribution is 7.17. The summed E-state index contributed by atoms with van der Waals surface area (Å²) in [5.41, 5.74) is 1.46. The number of imide groups is 1. The second kappa shape index (κ2) is 6.62. The Balaban J connectivity index is 1.54. The molecule has 2 N–H and O–H groups in total. The standard InChI is InChI=1S/C19H16N2O5S/c22-14(9-21-17(23)10-5-1-2-6-11(10)18(21)24)20-16-15(19(25)26)12-7-3-4-8-13(12)27-16/h1-2,5-6H,3-4,7-9H2,(H,20,22)(H,25,26). The molecular weight excluding hydrogens is 368 g/mol. The third-order valence-electron chi connectivity index (χ3n) is 4.82. The Morgan fingerprint density at radius 2 is 1.70 bits per heavy atom. The van der Waals surface area contributed by atoms with E-state index in [-0.39, 0.29) is 21.7 Å². The molecule has 138 valence electrons. The number of aromatic carboxylic acids is 1. The van der Waals surface area contributed by atoms with E-state index in [4.69, 9.17) is 0 Å². The highest BCUT2D eigenvalue weighted by atomic mass is 32.1. The van der Waals surface area contributed by atoms with Crippen molar-refractivity contribution in [2.75, 3.05) is 11.9 Å². The second-order valence-corrected chi connectivity index (χ2v) is 7.62. The van der Waals surface area contributed by atoms with Gasteiger partial charge in [0.05, 0.1) is 16.7 Å². The molecule has 27 heavy (non-hydrogen) atoms. The summed E-state index contributed by atoms with van der Waals surface area (Å²) >= 11 is 1.26. The van der Waals surface area contributed by atoms with E-state index in [9.17, 15) is 24.3 Å².